The van der Waals surface area contributed by atoms with Gasteiger partial charge in [-0.1, -0.05) is 12.8 Å². The number of carbonyl (C=O) groups excluding carboxylic acids is 1. The molecule has 1 unspecified atom stereocenters. The molecule has 0 aromatic rings. The Labute approximate surface area is 91.5 Å². The van der Waals surface area contributed by atoms with Gasteiger partial charge >= 0.3 is 0 Å². The molecule has 0 aromatic heterocycles. The van der Waals surface area contributed by atoms with Crippen LogP contribution < -0.4 is 11.1 Å². The van der Waals surface area contributed by atoms with Crippen LogP contribution in [0.5, 0.6) is 0 Å². The van der Waals surface area contributed by atoms with Crippen LogP contribution in [0, 0.1) is 5.92 Å². The van der Waals surface area contributed by atoms with Crippen molar-refractivity contribution in [3.05, 3.63) is 0 Å². The molecule has 1 saturated carbocycles. The van der Waals surface area contributed by atoms with E-state index in [1.165, 1.54) is 12.8 Å². The second kappa shape index (κ2) is 5.47. The number of rotatable bonds is 6. The molecule has 0 aliphatic heterocycles. The average molecular weight is 214 g/mol. The normalized spacial score (nSPS) is 21.5. The number of ether oxygens (including phenoxy) is 1. The van der Waals surface area contributed by atoms with Crippen LogP contribution in [-0.4, -0.2) is 31.7 Å². The number of methoxy groups -OCH3 is 1. The minimum absolute atomic E-state index is 0.245. The van der Waals surface area contributed by atoms with Crippen LogP contribution in [0.1, 0.15) is 32.6 Å². The van der Waals surface area contributed by atoms with E-state index in [2.05, 4.69) is 5.32 Å². The smallest absolute Gasteiger partial charge is 0.237 e. The van der Waals surface area contributed by atoms with Gasteiger partial charge in [0.05, 0.1) is 12.1 Å². The molecular weight excluding hydrogens is 192 g/mol. The van der Waals surface area contributed by atoms with Crippen molar-refractivity contribution < 1.29 is 9.53 Å². The monoisotopic (exact) mass is 214 g/mol. The van der Waals surface area contributed by atoms with E-state index in [-0.39, 0.29) is 5.91 Å². The fourth-order valence-electron chi connectivity index (χ4n) is 2.35. The third-order valence-corrected chi connectivity index (χ3v) is 3.48. The number of nitrogens with one attached hydrogen (secondary N) is 1. The number of hydrogen-bond acceptors (Lipinski definition) is 3. The molecule has 4 heteroatoms. The van der Waals surface area contributed by atoms with E-state index in [0.29, 0.717) is 19.1 Å². The van der Waals surface area contributed by atoms with Gasteiger partial charge in [0.1, 0.15) is 0 Å². The first-order valence-corrected chi connectivity index (χ1v) is 5.65. The minimum atomic E-state index is -0.560. The first-order chi connectivity index (χ1) is 7.11. The van der Waals surface area contributed by atoms with E-state index in [0.717, 1.165) is 12.8 Å². The number of primary amides is 1. The summed E-state index contributed by atoms with van der Waals surface area (Å²) < 4.78 is 4.96. The molecule has 1 aliphatic rings. The maximum atomic E-state index is 11.5. The highest BCUT2D eigenvalue weighted by Crippen LogP contribution is 2.33. The molecule has 4 nitrogen and oxygen atoms in total. The van der Waals surface area contributed by atoms with E-state index in [1.807, 2.05) is 6.92 Å². The highest BCUT2D eigenvalue weighted by Gasteiger charge is 2.40. The lowest BCUT2D eigenvalue weighted by molar-refractivity contribution is -0.126. The molecule has 0 spiro atoms. The van der Waals surface area contributed by atoms with Gasteiger partial charge in [-0.15, -0.1) is 0 Å². The Morgan fingerprint density at radius 3 is 2.60 bits per heavy atom. The molecule has 1 rings (SSSR count). The fourth-order valence-corrected chi connectivity index (χ4v) is 2.35. The van der Waals surface area contributed by atoms with Crippen LogP contribution >= 0.6 is 0 Å². The molecule has 0 radical (unpaired) electrons. The van der Waals surface area contributed by atoms with Crippen molar-refractivity contribution in [1.29, 1.82) is 0 Å². The van der Waals surface area contributed by atoms with Crippen molar-refractivity contribution in [3.8, 4) is 0 Å². The Bertz CT molecular complexity index is 215. The topological polar surface area (TPSA) is 64.3 Å². The lowest BCUT2D eigenvalue weighted by Crippen LogP contribution is -2.58. The Morgan fingerprint density at radius 2 is 2.13 bits per heavy atom. The molecule has 15 heavy (non-hydrogen) atoms. The van der Waals surface area contributed by atoms with Gasteiger partial charge in [-0.3, -0.25) is 4.79 Å². The second-order valence-electron chi connectivity index (χ2n) is 4.47. The molecule has 0 saturated heterocycles. The molecule has 1 aliphatic carbocycles. The summed E-state index contributed by atoms with van der Waals surface area (Å²) in [7, 11) is 1.65. The first-order valence-electron chi connectivity index (χ1n) is 5.65. The van der Waals surface area contributed by atoms with Crippen LogP contribution in [0.2, 0.25) is 0 Å². The predicted molar refractivity (Wildman–Crippen MR) is 59.4 cm³/mol. The highest BCUT2D eigenvalue weighted by atomic mass is 16.5. The minimum Gasteiger partial charge on any atom is -0.383 e. The Morgan fingerprint density at radius 1 is 1.53 bits per heavy atom. The van der Waals surface area contributed by atoms with Crippen LogP contribution in [0.4, 0.5) is 0 Å². The Hall–Kier alpha value is -0.610. The molecule has 1 atom stereocenters. The molecule has 0 bridgehead atoms. The Balaban J connectivity index is 2.56. The first kappa shape index (κ1) is 12.5. The van der Waals surface area contributed by atoms with Crippen molar-refractivity contribution in [3.63, 3.8) is 0 Å². The SMILES string of the molecule is COCCNC(C)(C(N)=O)C1CCCC1. The second-order valence-corrected chi connectivity index (χ2v) is 4.47. The molecule has 88 valence electrons. The Kier molecular flexibility index (Phi) is 4.54. The van der Waals surface area contributed by atoms with E-state index < -0.39 is 5.54 Å². The van der Waals surface area contributed by atoms with E-state index in [4.69, 9.17) is 10.5 Å². The van der Waals surface area contributed by atoms with Crippen molar-refractivity contribution in [2.24, 2.45) is 11.7 Å². The average Bonchev–Trinajstić information content (AvgIpc) is 2.70. The van der Waals surface area contributed by atoms with Gasteiger partial charge in [0, 0.05) is 13.7 Å². The van der Waals surface area contributed by atoms with E-state index in [9.17, 15) is 4.79 Å². The van der Waals surface area contributed by atoms with Crippen LogP contribution in [-0.2, 0) is 9.53 Å². The summed E-state index contributed by atoms with van der Waals surface area (Å²) in [6.07, 6.45) is 4.61. The van der Waals surface area contributed by atoms with Crippen molar-refractivity contribution in [2.45, 2.75) is 38.1 Å². The number of amides is 1. The zero-order chi connectivity index (χ0) is 11.3. The molecule has 1 amide bonds. The van der Waals surface area contributed by atoms with Crippen LogP contribution in [0.15, 0.2) is 0 Å². The summed E-state index contributed by atoms with van der Waals surface area (Å²) in [5.41, 5.74) is 4.93. The van der Waals surface area contributed by atoms with E-state index >= 15 is 0 Å². The fraction of sp³-hybridized carbons (Fsp3) is 0.909. The maximum Gasteiger partial charge on any atom is 0.237 e. The van der Waals surface area contributed by atoms with Crippen LogP contribution in [0.3, 0.4) is 0 Å². The molecule has 1 fully saturated rings. The summed E-state index contributed by atoms with van der Waals surface area (Å²) in [5, 5.41) is 3.24. The van der Waals surface area contributed by atoms with Crippen molar-refractivity contribution in [2.75, 3.05) is 20.3 Å². The summed E-state index contributed by atoms with van der Waals surface area (Å²) in [5.74, 6) is 0.136. The van der Waals surface area contributed by atoms with Gasteiger partial charge in [0.2, 0.25) is 5.91 Å². The molecule has 0 heterocycles. The number of nitrogens with two attached hydrogens (primary N) is 1. The van der Waals surface area contributed by atoms with Crippen molar-refractivity contribution in [1.82, 2.24) is 5.32 Å². The standard InChI is InChI=1S/C11H22N2O2/c1-11(10(12)14,13-7-8-15-2)9-5-3-4-6-9/h9,13H,3-8H2,1-2H3,(H2,12,14). The summed E-state index contributed by atoms with van der Waals surface area (Å²) >= 11 is 0. The summed E-state index contributed by atoms with van der Waals surface area (Å²) in [4.78, 5) is 11.5. The lowest BCUT2D eigenvalue weighted by Gasteiger charge is -2.33. The van der Waals surface area contributed by atoms with Gasteiger partial charge in [-0.05, 0) is 25.7 Å². The molecule has 0 aromatic carbocycles. The largest absolute Gasteiger partial charge is 0.383 e. The van der Waals surface area contributed by atoms with Gasteiger partial charge < -0.3 is 15.8 Å². The van der Waals surface area contributed by atoms with Gasteiger partial charge in [0.15, 0.2) is 0 Å². The molecular formula is C11H22N2O2. The zero-order valence-electron chi connectivity index (χ0n) is 9.71. The third-order valence-electron chi connectivity index (χ3n) is 3.48. The van der Waals surface area contributed by atoms with E-state index in [1.54, 1.807) is 7.11 Å². The summed E-state index contributed by atoms with van der Waals surface area (Å²) in [6.45, 7) is 3.20. The lowest BCUT2D eigenvalue weighted by atomic mass is 9.83. The van der Waals surface area contributed by atoms with Gasteiger partial charge in [0.25, 0.3) is 0 Å². The molecule has 3 N–H and O–H groups in total. The van der Waals surface area contributed by atoms with Gasteiger partial charge in [-0.2, -0.15) is 0 Å². The quantitative estimate of drug-likeness (QED) is 0.638. The van der Waals surface area contributed by atoms with Gasteiger partial charge in [-0.25, -0.2) is 0 Å². The zero-order valence-corrected chi connectivity index (χ0v) is 9.71. The highest BCUT2D eigenvalue weighted by molar-refractivity contribution is 5.84. The summed E-state index contributed by atoms with van der Waals surface area (Å²) in [6, 6.07) is 0. The van der Waals surface area contributed by atoms with Crippen LogP contribution in [0.25, 0.3) is 0 Å². The predicted octanol–water partition coefficient (Wildman–Crippen LogP) is 0.657. The number of hydrogen-bond donors (Lipinski definition) is 2. The van der Waals surface area contributed by atoms with Crippen molar-refractivity contribution >= 4 is 5.91 Å². The number of carbonyl (C=O) groups is 1. The maximum absolute atomic E-state index is 11.5. The third kappa shape index (κ3) is 2.92.